The smallest absolute Gasteiger partial charge is 0.224 e. The summed E-state index contributed by atoms with van der Waals surface area (Å²) in [5, 5.41) is -0.593. The van der Waals surface area contributed by atoms with E-state index < -0.39 is 0 Å². The average molecular weight is 225 g/mol. The lowest BCUT2D eigenvalue weighted by Crippen LogP contribution is -2.07. The molecule has 0 spiro atoms. The molecule has 0 bridgehead atoms. The van der Waals surface area contributed by atoms with Crippen molar-refractivity contribution < 1.29 is 9.59 Å². The van der Waals surface area contributed by atoms with E-state index in [1.165, 1.54) is 0 Å². The fourth-order valence-corrected chi connectivity index (χ4v) is 1.53. The molecule has 0 saturated carbocycles. The Bertz CT molecular complexity index is 180. The standard InChI is InChI=1S/C9H14Cl2O2/c1-2-7(9(11)13)5-3-4-6-8(10)12/h7H,2-6H2,1H3. The lowest BCUT2D eigenvalue weighted by atomic mass is 10.0. The van der Waals surface area contributed by atoms with Gasteiger partial charge in [0.05, 0.1) is 0 Å². The van der Waals surface area contributed by atoms with Gasteiger partial charge in [0.2, 0.25) is 10.5 Å². The van der Waals surface area contributed by atoms with Crippen LogP contribution >= 0.6 is 23.2 Å². The van der Waals surface area contributed by atoms with Crippen molar-refractivity contribution in [2.24, 2.45) is 5.92 Å². The maximum absolute atomic E-state index is 10.8. The molecule has 0 rings (SSSR count). The Kier molecular flexibility index (Phi) is 7.29. The number of halogens is 2. The molecule has 0 aromatic carbocycles. The van der Waals surface area contributed by atoms with E-state index >= 15 is 0 Å². The Hall–Kier alpha value is -0.0800. The van der Waals surface area contributed by atoms with E-state index in [0.717, 1.165) is 25.7 Å². The van der Waals surface area contributed by atoms with Crippen LogP contribution in [0.3, 0.4) is 0 Å². The van der Waals surface area contributed by atoms with Gasteiger partial charge in [-0.05, 0) is 42.5 Å². The molecule has 0 saturated heterocycles. The van der Waals surface area contributed by atoms with Gasteiger partial charge >= 0.3 is 0 Å². The van der Waals surface area contributed by atoms with Crippen molar-refractivity contribution in [3.05, 3.63) is 0 Å². The van der Waals surface area contributed by atoms with E-state index in [0.29, 0.717) is 6.42 Å². The van der Waals surface area contributed by atoms with Crippen molar-refractivity contribution in [1.82, 2.24) is 0 Å². The van der Waals surface area contributed by atoms with Gasteiger partial charge in [0, 0.05) is 12.3 Å². The highest BCUT2D eigenvalue weighted by molar-refractivity contribution is 6.64. The third kappa shape index (κ3) is 7.03. The first-order valence-electron chi connectivity index (χ1n) is 4.45. The summed E-state index contributed by atoms with van der Waals surface area (Å²) in [4.78, 5) is 21.1. The summed E-state index contributed by atoms with van der Waals surface area (Å²) >= 11 is 10.5. The summed E-state index contributed by atoms with van der Waals surface area (Å²) in [6.45, 7) is 1.93. The van der Waals surface area contributed by atoms with Crippen molar-refractivity contribution in [1.29, 1.82) is 0 Å². The molecule has 0 radical (unpaired) electrons. The molecule has 0 fully saturated rings. The lowest BCUT2D eigenvalue weighted by Gasteiger charge is -2.07. The van der Waals surface area contributed by atoms with Gasteiger partial charge < -0.3 is 0 Å². The first-order valence-corrected chi connectivity index (χ1v) is 5.21. The molecule has 0 amide bonds. The summed E-state index contributed by atoms with van der Waals surface area (Å²) in [5.41, 5.74) is 0. The molecule has 13 heavy (non-hydrogen) atoms. The van der Waals surface area contributed by atoms with Crippen molar-refractivity contribution in [3.63, 3.8) is 0 Å². The molecule has 1 atom stereocenters. The molecule has 0 aliphatic carbocycles. The summed E-state index contributed by atoms with van der Waals surface area (Å²) in [7, 11) is 0. The zero-order chi connectivity index (χ0) is 10.3. The molecular formula is C9H14Cl2O2. The third-order valence-electron chi connectivity index (χ3n) is 1.99. The topological polar surface area (TPSA) is 34.1 Å². The van der Waals surface area contributed by atoms with Crippen LogP contribution in [0.5, 0.6) is 0 Å². The van der Waals surface area contributed by atoms with E-state index in [9.17, 15) is 9.59 Å². The Morgan fingerprint density at radius 2 is 1.85 bits per heavy atom. The Balaban J connectivity index is 3.50. The van der Waals surface area contributed by atoms with Crippen molar-refractivity contribution in [3.8, 4) is 0 Å². The lowest BCUT2D eigenvalue weighted by molar-refractivity contribution is -0.115. The van der Waals surface area contributed by atoms with Gasteiger partial charge in [-0.3, -0.25) is 9.59 Å². The predicted octanol–water partition coefficient (Wildman–Crippen LogP) is 3.10. The molecule has 2 nitrogen and oxygen atoms in total. The molecule has 4 heteroatoms. The highest BCUT2D eigenvalue weighted by Gasteiger charge is 2.12. The largest absolute Gasteiger partial charge is 0.281 e. The Morgan fingerprint density at radius 3 is 2.23 bits per heavy atom. The first-order chi connectivity index (χ1) is 6.07. The van der Waals surface area contributed by atoms with E-state index in [1.54, 1.807) is 0 Å². The number of carbonyl (C=O) groups excluding carboxylic acids is 2. The third-order valence-corrected chi connectivity index (χ3v) is 2.49. The quantitative estimate of drug-likeness (QED) is 0.492. The van der Waals surface area contributed by atoms with Gasteiger partial charge in [-0.25, -0.2) is 0 Å². The van der Waals surface area contributed by atoms with E-state index in [2.05, 4.69) is 0 Å². The van der Waals surface area contributed by atoms with Crippen molar-refractivity contribution in [2.75, 3.05) is 0 Å². The van der Waals surface area contributed by atoms with Crippen LogP contribution < -0.4 is 0 Å². The number of hydrogen-bond acceptors (Lipinski definition) is 2. The van der Waals surface area contributed by atoms with Gasteiger partial charge in [-0.15, -0.1) is 0 Å². The fraction of sp³-hybridized carbons (Fsp3) is 0.778. The minimum absolute atomic E-state index is 0.0629. The molecule has 0 aromatic rings. The second-order valence-corrected chi connectivity index (χ2v) is 3.80. The molecule has 76 valence electrons. The molecule has 0 aliphatic rings. The highest BCUT2D eigenvalue weighted by Crippen LogP contribution is 2.16. The van der Waals surface area contributed by atoms with Crippen LogP contribution in [0, 0.1) is 5.92 Å². The summed E-state index contributed by atoms with van der Waals surface area (Å²) in [6.07, 6.45) is 3.47. The fourth-order valence-electron chi connectivity index (χ4n) is 1.13. The first kappa shape index (κ1) is 12.9. The number of carbonyl (C=O) groups is 2. The van der Waals surface area contributed by atoms with Crippen LogP contribution in [0.4, 0.5) is 0 Å². The normalized spacial score (nSPS) is 12.5. The molecule has 1 unspecified atom stereocenters. The molecular weight excluding hydrogens is 211 g/mol. The molecule has 0 heterocycles. The van der Waals surface area contributed by atoms with Gasteiger partial charge in [0.25, 0.3) is 0 Å². The van der Waals surface area contributed by atoms with Gasteiger partial charge in [-0.2, -0.15) is 0 Å². The Morgan fingerprint density at radius 1 is 1.23 bits per heavy atom. The minimum atomic E-state index is -0.315. The maximum atomic E-state index is 10.8. The van der Waals surface area contributed by atoms with E-state index in [1.807, 2.05) is 6.92 Å². The van der Waals surface area contributed by atoms with E-state index in [4.69, 9.17) is 23.2 Å². The summed E-state index contributed by atoms with van der Waals surface area (Å²) in [5.74, 6) is -0.0629. The Labute approximate surface area is 88.6 Å². The SMILES string of the molecule is CCC(CCCCC(=O)Cl)C(=O)Cl. The van der Waals surface area contributed by atoms with Crippen molar-refractivity contribution in [2.45, 2.75) is 39.0 Å². The monoisotopic (exact) mass is 224 g/mol. The van der Waals surface area contributed by atoms with Crippen LogP contribution in [-0.4, -0.2) is 10.5 Å². The maximum Gasteiger partial charge on any atom is 0.224 e. The van der Waals surface area contributed by atoms with Crippen LogP contribution in [0.25, 0.3) is 0 Å². The highest BCUT2D eigenvalue weighted by atomic mass is 35.5. The zero-order valence-electron chi connectivity index (χ0n) is 7.69. The number of hydrogen-bond donors (Lipinski definition) is 0. The van der Waals surface area contributed by atoms with Crippen LogP contribution in [-0.2, 0) is 9.59 Å². The van der Waals surface area contributed by atoms with Gasteiger partial charge in [-0.1, -0.05) is 13.3 Å². The molecule has 0 aliphatic heterocycles. The molecule has 0 N–H and O–H groups in total. The van der Waals surface area contributed by atoms with Crippen LogP contribution in [0.2, 0.25) is 0 Å². The van der Waals surface area contributed by atoms with Crippen molar-refractivity contribution >= 4 is 33.7 Å². The second-order valence-electron chi connectivity index (χ2n) is 3.01. The predicted molar refractivity (Wildman–Crippen MR) is 54.0 cm³/mol. The average Bonchev–Trinajstić information content (AvgIpc) is 2.03. The summed E-state index contributed by atoms with van der Waals surface area (Å²) < 4.78 is 0. The minimum Gasteiger partial charge on any atom is -0.281 e. The molecule has 0 aromatic heterocycles. The van der Waals surface area contributed by atoms with Gasteiger partial charge in [0.1, 0.15) is 0 Å². The van der Waals surface area contributed by atoms with Crippen LogP contribution in [0.1, 0.15) is 39.0 Å². The number of rotatable bonds is 7. The van der Waals surface area contributed by atoms with Crippen LogP contribution in [0.15, 0.2) is 0 Å². The van der Waals surface area contributed by atoms with E-state index in [-0.39, 0.29) is 16.4 Å². The zero-order valence-corrected chi connectivity index (χ0v) is 9.20. The number of unbranched alkanes of at least 4 members (excludes halogenated alkanes) is 1. The van der Waals surface area contributed by atoms with Gasteiger partial charge in [0.15, 0.2) is 0 Å². The second kappa shape index (κ2) is 7.34. The summed E-state index contributed by atoms with van der Waals surface area (Å²) in [6, 6.07) is 0.